The van der Waals surface area contributed by atoms with Crippen LogP contribution in [0.15, 0.2) is 0 Å². The number of nitrogens with zero attached hydrogens (tertiary/aromatic N) is 2. The van der Waals surface area contributed by atoms with Crippen molar-refractivity contribution in [3.05, 3.63) is 0 Å². The summed E-state index contributed by atoms with van der Waals surface area (Å²) in [5.41, 5.74) is 0. The summed E-state index contributed by atoms with van der Waals surface area (Å²) >= 11 is 0. The Kier molecular flexibility index (Phi) is 5.42. The number of carboxylic acid groups (broad SMARTS) is 1. The fourth-order valence-electron chi connectivity index (χ4n) is 3.04. The van der Waals surface area contributed by atoms with Crippen LogP contribution in [-0.2, 0) is 14.4 Å². The van der Waals surface area contributed by atoms with Crippen LogP contribution in [0.3, 0.4) is 0 Å². The average Bonchev–Trinajstić information content (AvgIpc) is 3.30. The summed E-state index contributed by atoms with van der Waals surface area (Å²) in [6.45, 7) is 5.27. The second kappa shape index (κ2) is 7.11. The first-order chi connectivity index (χ1) is 10.4. The number of carboxylic acids is 1. The molecule has 6 nitrogen and oxygen atoms in total. The van der Waals surface area contributed by atoms with E-state index in [1.165, 1.54) is 0 Å². The molecule has 0 radical (unpaired) electrons. The van der Waals surface area contributed by atoms with Crippen LogP contribution in [0.25, 0.3) is 0 Å². The minimum absolute atomic E-state index is 0.00968. The van der Waals surface area contributed by atoms with E-state index in [9.17, 15) is 14.4 Å². The average molecular weight is 310 g/mol. The molecule has 22 heavy (non-hydrogen) atoms. The normalized spacial score (nSPS) is 21.8. The lowest BCUT2D eigenvalue weighted by Crippen LogP contribution is -2.49. The Hall–Kier alpha value is -1.59. The summed E-state index contributed by atoms with van der Waals surface area (Å²) in [4.78, 5) is 39.1. The minimum Gasteiger partial charge on any atom is -0.481 e. The maximum absolute atomic E-state index is 12.7. The Balaban J connectivity index is 1.96. The molecule has 124 valence electrons. The molecule has 2 aliphatic rings. The van der Waals surface area contributed by atoms with Crippen molar-refractivity contribution in [2.75, 3.05) is 19.6 Å². The highest BCUT2D eigenvalue weighted by Gasteiger charge is 2.37. The van der Waals surface area contributed by atoms with Crippen LogP contribution in [0, 0.1) is 11.8 Å². The molecule has 1 atom stereocenters. The van der Waals surface area contributed by atoms with Gasteiger partial charge in [0.1, 0.15) is 0 Å². The first kappa shape index (κ1) is 16.8. The predicted molar refractivity (Wildman–Crippen MR) is 81.1 cm³/mol. The smallest absolute Gasteiger partial charge is 0.305 e. The van der Waals surface area contributed by atoms with Crippen molar-refractivity contribution in [1.29, 1.82) is 0 Å². The van der Waals surface area contributed by atoms with E-state index in [2.05, 4.69) is 0 Å². The van der Waals surface area contributed by atoms with Crippen molar-refractivity contribution in [2.24, 2.45) is 11.8 Å². The zero-order chi connectivity index (χ0) is 16.3. The summed E-state index contributed by atoms with van der Waals surface area (Å²) in [6.07, 6.45) is 3.54. The van der Waals surface area contributed by atoms with Gasteiger partial charge in [0.05, 0.1) is 12.3 Å². The van der Waals surface area contributed by atoms with Crippen LogP contribution in [-0.4, -0.2) is 58.4 Å². The third kappa shape index (κ3) is 4.21. The fraction of sp³-hybridized carbons (Fsp3) is 0.812. The zero-order valence-corrected chi connectivity index (χ0v) is 13.5. The molecule has 1 heterocycles. The molecule has 1 aliphatic heterocycles. The number of amides is 2. The Morgan fingerprint density at radius 1 is 1.18 bits per heavy atom. The molecule has 6 heteroatoms. The van der Waals surface area contributed by atoms with Crippen molar-refractivity contribution in [3.63, 3.8) is 0 Å². The van der Waals surface area contributed by atoms with Gasteiger partial charge < -0.3 is 14.9 Å². The van der Waals surface area contributed by atoms with Crippen LogP contribution >= 0.6 is 0 Å². The molecule has 1 unspecified atom stereocenters. The van der Waals surface area contributed by atoms with Gasteiger partial charge in [-0.3, -0.25) is 14.4 Å². The van der Waals surface area contributed by atoms with Gasteiger partial charge in [0, 0.05) is 31.6 Å². The topological polar surface area (TPSA) is 77.9 Å². The first-order valence-corrected chi connectivity index (χ1v) is 8.21. The summed E-state index contributed by atoms with van der Waals surface area (Å²) in [6, 6.07) is -0.0265. The highest BCUT2D eigenvalue weighted by Crippen LogP contribution is 2.32. The molecule has 0 aromatic rings. The predicted octanol–water partition coefficient (Wildman–Crippen LogP) is 1.35. The van der Waals surface area contributed by atoms with E-state index in [1.807, 2.05) is 18.7 Å². The monoisotopic (exact) mass is 310 g/mol. The number of rotatable bonds is 6. The highest BCUT2D eigenvalue weighted by atomic mass is 16.4. The van der Waals surface area contributed by atoms with E-state index in [4.69, 9.17) is 5.11 Å². The van der Waals surface area contributed by atoms with Gasteiger partial charge in [0.15, 0.2) is 0 Å². The number of piperidine rings is 1. The van der Waals surface area contributed by atoms with Crippen LogP contribution in [0.2, 0.25) is 0 Å². The lowest BCUT2D eigenvalue weighted by Gasteiger charge is -2.36. The SMILES string of the molecule is CC(C)N(CCC(=O)O)C(=O)C1CCCN(C(=O)C2CC2)C1. The molecule has 1 aliphatic carbocycles. The zero-order valence-electron chi connectivity index (χ0n) is 13.5. The first-order valence-electron chi connectivity index (χ1n) is 8.21. The molecule has 2 rings (SSSR count). The molecule has 1 saturated carbocycles. The van der Waals surface area contributed by atoms with Gasteiger partial charge in [0.25, 0.3) is 0 Å². The Labute approximate surface area is 131 Å². The number of hydrogen-bond acceptors (Lipinski definition) is 3. The van der Waals surface area contributed by atoms with Crippen molar-refractivity contribution < 1.29 is 19.5 Å². The standard InChI is InChI=1S/C16H26N2O4/c1-11(2)18(9-7-14(19)20)16(22)13-4-3-8-17(10-13)15(21)12-5-6-12/h11-13H,3-10H2,1-2H3,(H,19,20). The molecule has 0 bridgehead atoms. The van der Waals surface area contributed by atoms with Gasteiger partial charge in [0.2, 0.25) is 11.8 Å². The molecule has 2 amide bonds. The van der Waals surface area contributed by atoms with E-state index in [-0.39, 0.29) is 42.7 Å². The maximum Gasteiger partial charge on any atom is 0.305 e. The third-order valence-corrected chi connectivity index (χ3v) is 4.48. The number of carbonyl (C=O) groups is 3. The third-order valence-electron chi connectivity index (χ3n) is 4.48. The van der Waals surface area contributed by atoms with Gasteiger partial charge in [-0.15, -0.1) is 0 Å². The van der Waals surface area contributed by atoms with Crippen molar-refractivity contribution in [1.82, 2.24) is 9.80 Å². The van der Waals surface area contributed by atoms with Gasteiger partial charge in [-0.05, 0) is 39.5 Å². The lowest BCUT2D eigenvalue weighted by atomic mass is 9.95. The van der Waals surface area contributed by atoms with E-state index >= 15 is 0 Å². The fourth-order valence-corrected chi connectivity index (χ4v) is 3.04. The van der Waals surface area contributed by atoms with Gasteiger partial charge in [-0.25, -0.2) is 0 Å². The second-order valence-corrected chi connectivity index (χ2v) is 6.67. The van der Waals surface area contributed by atoms with Crippen LogP contribution in [0.1, 0.15) is 46.0 Å². The van der Waals surface area contributed by atoms with E-state index < -0.39 is 5.97 Å². The lowest BCUT2D eigenvalue weighted by molar-refractivity contribution is -0.143. The van der Waals surface area contributed by atoms with Crippen molar-refractivity contribution >= 4 is 17.8 Å². The Bertz CT molecular complexity index is 445. The Morgan fingerprint density at radius 3 is 2.41 bits per heavy atom. The largest absolute Gasteiger partial charge is 0.481 e. The quantitative estimate of drug-likeness (QED) is 0.803. The van der Waals surface area contributed by atoms with Crippen LogP contribution in [0.5, 0.6) is 0 Å². The van der Waals surface area contributed by atoms with E-state index in [0.717, 1.165) is 32.2 Å². The molecule has 1 saturated heterocycles. The summed E-state index contributed by atoms with van der Waals surface area (Å²) < 4.78 is 0. The van der Waals surface area contributed by atoms with Crippen LogP contribution < -0.4 is 0 Å². The molecular weight excluding hydrogens is 284 g/mol. The Morgan fingerprint density at radius 2 is 1.86 bits per heavy atom. The second-order valence-electron chi connectivity index (χ2n) is 6.67. The van der Waals surface area contributed by atoms with Gasteiger partial charge in [-0.2, -0.15) is 0 Å². The number of likely N-dealkylation sites (tertiary alicyclic amines) is 1. The molecule has 0 spiro atoms. The number of hydrogen-bond donors (Lipinski definition) is 1. The van der Waals surface area contributed by atoms with Crippen molar-refractivity contribution in [3.8, 4) is 0 Å². The van der Waals surface area contributed by atoms with Gasteiger partial charge in [-0.1, -0.05) is 0 Å². The summed E-state index contributed by atoms with van der Waals surface area (Å²) in [7, 11) is 0. The molecule has 0 aromatic heterocycles. The molecular formula is C16H26N2O4. The van der Waals surface area contributed by atoms with Crippen molar-refractivity contribution in [2.45, 2.75) is 52.0 Å². The van der Waals surface area contributed by atoms with Gasteiger partial charge >= 0.3 is 5.97 Å². The molecule has 2 fully saturated rings. The number of carbonyl (C=O) groups excluding carboxylic acids is 2. The summed E-state index contributed by atoms with van der Waals surface area (Å²) in [5, 5.41) is 8.83. The number of aliphatic carboxylic acids is 1. The molecule has 0 aromatic carbocycles. The summed E-state index contributed by atoms with van der Waals surface area (Å²) in [5.74, 6) is -0.717. The highest BCUT2D eigenvalue weighted by molar-refractivity contribution is 5.84. The van der Waals surface area contributed by atoms with E-state index in [1.54, 1.807) is 4.90 Å². The minimum atomic E-state index is -0.896. The van der Waals surface area contributed by atoms with E-state index in [0.29, 0.717) is 6.54 Å². The molecule has 1 N–H and O–H groups in total. The maximum atomic E-state index is 12.7. The van der Waals surface area contributed by atoms with Crippen LogP contribution in [0.4, 0.5) is 0 Å².